The standard InChI is InChI=1S/C18H13Cl2NO4.C3H5N3/c1-24-12-8-13(25-2)16(20)14(15(12)19)9-5-6-11(18(22)23)17-10(9)4-3-7-21-17;4-3-5-1-2-6-3/h3-8H,1-2H3,(H,22,23);1-2H,(H3,4,5,6). The summed E-state index contributed by atoms with van der Waals surface area (Å²) in [7, 11) is 2.98. The van der Waals surface area contributed by atoms with Gasteiger partial charge in [-0.25, -0.2) is 9.78 Å². The predicted octanol–water partition coefficient (Wildman–Crippen LogP) is 4.92. The van der Waals surface area contributed by atoms with Crippen LogP contribution < -0.4 is 15.2 Å². The average Bonchev–Trinajstić information content (AvgIpc) is 3.25. The molecule has 0 amide bonds. The molecule has 0 fully saturated rings. The quantitative estimate of drug-likeness (QED) is 0.394. The molecule has 0 bridgehead atoms. The lowest BCUT2D eigenvalue weighted by Gasteiger charge is -2.16. The van der Waals surface area contributed by atoms with Crippen LogP contribution in [0.15, 0.2) is 48.9 Å². The first kappa shape index (κ1) is 22.2. The van der Waals surface area contributed by atoms with Crippen molar-refractivity contribution in [1.82, 2.24) is 15.0 Å². The zero-order chi connectivity index (χ0) is 22.5. The fourth-order valence-electron chi connectivity index (χ4n) is 2.96. The molecule has 4 N–H and O–H groups in total. The number of benzene rings is 2. The molecule has 0 spiro atoms. The Balaban J connectivity index is 0.000000391. The van der Waals surface area contributed by atoms with Crippen molar-refractivity contribution in [3.63, 3.8) is 0 Å². The van der Waals surface area contributed by atoms with Crippen molar-refractivity contribution in [3.8, 4) is 22.6 Å². The maximum Gasteiger partial charge on any atom is 0.337 e. The van der Waals surface area contributed by atoms with E-state index in [0.717, 1.165) is 0 Å². The lowest BCUT2D eigenvalue weighted by Crippen LogP contribution is -2.00. The van der Waals surface area contributed by atoms with Gasteiger partial charge in [0, 0.05) is 35.6 Å². The highest BCUT2D eigenvalue weighted by Gasteiger charge is 2.22. The van der Waals surface area contributed by atoms with Gasteiger partial charge in [-0.05, 0) is 17.7 Å². The fourth-order valence-corrected chi connectivity index (χ4v) is 3.67. The van der Waals surface area contributed by atoms with Crippen molar-refractivity contribution in [1.29, 1.82) is 0 Å². The van der Waals surface area contributed by atoms with Gasteiger partial charge in [0.15, 0.2) is 5.95 Å². The number of aromatic amines is 1. The number of hydrogen-bond acceptors (Lipinski definition) is 6. The molecule has 8 nitrogen and oxygen atoms in total. The van der Waals surface area contributed by atoms with Crippen molar-refractivity contribution in [2.75, 3.05) is 20.0 Å². The molecule has 4 rings (SSSR count). The molecule has 0 aliphatic rings. The van der Waals surface area contributed by atoms with Crippen LogP contribution in [-0.4, -0.2) is 40.2 Å². The van der Waals surface area contributed by atoms with Crippen LogP contribution in [0.1, 0.15) is 10.4 Å². The molecule has 0 aliphatic carbocycles. The normalized spacial score (nSPS) is 10.3. The van der Waals surface area contributed by atoms with E-state index in [-0.39, 0.29) is 5.56 Å². The summed E-state index contributed by atoms with van der Waals surface area (Å²) >= 11 is 13.0. The molecule has 2 aromatic carbocycles. The Hall–Kier alpha value is -3.49. The number of nitrogen functional groups attached to an aromatic ring is 1. The Morgan fingerprint density at radius 1 is 1.06 bits per heavy atom. The number of carboxylic acids is 1. The van der Waals surface area contributed by atoms with Gasteiger partial charge in [0.2, 0.25) is 0 Å². The molecule has 10 heteroatoms. The van der Waals surface area contributed by atoms with Crippen LogP contribution >= 0.6 is 23.2 Å². The van der Waals surface area contributed by atoms with E-state index in [2.05, 4.69) is 15.0 Å². The Morgan fingerprint density at radius 2 is 1.74 bits per heavy atom. The largest absolute Gasteiger partial charge is 0.495 e. The number of hydrogen-bond donors (Lipinski definition) is 3. The van der Waals surface area contributed by atoms with Crippen molar-refractivity contribution in [2.24, 2.45) is 0 Å². The van der Waals surface area contributed by atoms with Crippen LogP contribution in [0, 0.1) is 0 Å². The third kappa shape index (κ3) is 4.50. The van der Waals surface area contributed by atoms with E-state index in [0.29, 0.717) is 49.5 Å². The Kier molecular flexibility index (Phi) is 6.84. The van der Waals surface area contributed by atoms with Crippen molar-refractivity contribution >= 4 is 46.0 Å². The topological polar surface area (TPSA) is 123 Å². The SMILES string of the molecule is COc1cc(OC)c(Cl)c(-c2ccc(C(=O)O)c3ncccc23)c1Cl.Nc1ncc[nH]1. The Morgan fingerprint density at radius 3 is 2.23 bits per heavy atom. The molecular weight excluding hydrogens is 443 g/mol. The van der Waals surface area contributed by atoms with Gasteiger partial charge in [0.25, 0.3) is 0 Å². The second kappa shape index (κ2) is 9.55. The van der Waals surface area contributed by atoms with E-state index in [4.69, 9.17) is 38.4 Å². The summed E-state index contributed by atoms with van der Waals surface area (Å²) in [5, 5.41) is 10.6. The highest BCUT2D eigenvalue weighted by molar-refractivity contribution is 6.41. The summed E-state index contributed by atoms with van der Waals surface area (Å²) in [4.78, 5) is 22.0. The highest BCUT2D eigenvalue weighted by Crippen LogP contribution is 2.47. The van der Waals surface area contributed by atoms with Gasteiger partial charge in [-0.15, -0.1) is 0 Å². The number of nitrogens with two attached hydrogens (primary N) is 1. The number of methoxy groups -OCH3 is 2. The number of anilines is 1. The highest BCUT2D eigenvalue weighted by atomic mass is 35.5. The van der Waals surface area contributed by atoms with Gasteiger partial charge in [0.05, 0.1) is 35.3 Å². The maximum absolute atomic E-state index is 11.5. The molecule has 160 valence electrons. The van der Waals surface area contributed by atoms with Gasteiger partial charge in [-0.1, -0.05) is 35.3 Å². The summed E-state index contributed by atoms with van der Waals surface area (Å²) in [6.45, 7) is 0. The lowest BCUT2D eigenvalue weighted by atomic mass is 9.97. The molecule has 0 atom stereocenters. The van der Waals surface area contributed by atoms with Crippen LogP contribution in [0.4, 0.5) is 5.95 Å². The van der Waals surface area contributed by atoms with Crippen LogP contribution in [0.2, 0.25) is 10.0 Å². The number of imidazole rings is 1. The second-order valence-electron chi connectivity index (χ2n) is 6.12. The van der Waals surface area contributed by atoms with Gasteiger partial charge >= 0.3 is 5.97 Å². The third-order valence-electron chi connectivity index (χ3n) is 4.36. The van der Waals surface area contributed by atoms with Crippen molar-refractivity contribution in [3.05, 3.63) is 64.5 Å². The van der Waals surface area contributed by atoms with E-state index in [1.165, 1.54) is 26.5 Å². The van der Waals surface area contributed by atoms with Crippen molar-refractivity contribution in [2.45, 2.75) is 0 Å². The first-order valence-electron chi connectivity index (χ1n) is 8.85. The van der Waals surface area contributed by atoms with Crippen LogP contribution in [0.3, 0.4) is 0 Å². The molecule has 0 unspecified atom stereocenters. The van der Waals surface area contributed by atoms with E-state index in [9.17, 15) is 9.90 Å². The zero-order valence-corrected chi connectivity index (χ0v) is 18.0. The van der Waals surface area contributed by atoms with E-state index < -0.39 is 5.97 Å². The predicted molar refractivity (Wildman–Crippen MR) is 120 cm³/mol. The summed E-state index contributed by atoms with van der Waals surface area (Å²) in [5.41, 5.74) is 6.69. The first-order chi connectivity index (χ1) is 14.9. The smallest absolute Gasteiger partial charge is 0.337 e. The molecule has 2 aromatic heterocycles. The van der Waals surface area contributed by atoms with Crippen LogP contribution in [0.25, 0.3) is 22.0 Å². The number of aromatic carboxylic acids is 1. The number of carboxylic acid groups (broad SMARTS) is 1. The maximum atomic E-state index is 11.5. The van der Waals surface area contributed by atoms with Gasteiger partial charge in [0.1, 0.15) is 11.5 Å². The molecule has 0 radical (unpaired) electrons. The molecule has 4 aromatic rings. The monoisotopic (exact) mass is 460 g/mol. The number of halogens is 2. The lowest BCUT2D eigenvalue weighted by molar-refractivity contribution is 0.0699. The number of ether oxygens (including phenoxy) is 2. The number of nitrogens with zero attached hydrogens (tertiary/aromatic N) is 2. The van der Waals surface area contributed by atoms with Gasteiger partial charge in [-0.2, -0.15) is 0 Å². The van der Waals surface area contributed by atoms with E-state index in [1.54, 1.807) is 36.7 Å². The summed E-state index contributed by atoms with van der Waals surface area (Å²) in [6.07, 6.45) is 4.82. The minimum atomic E-state index is -1.06. The average molecular weight is 461 g/mol. The molecule has 0 saturated heterocycles. The number of carbonyl (C=O) groups is 1. The zero-order valence-electron chi connectivity index (χ0n) is 16.5. The van der Waals surface area contributed by atoms with Crippen molar-refractivity contribution < 1.29 is 19.4 Å². The number of fused-ring (bicyclic) bond motifs is 1. The van der Waals surface area contributed by atoms with Crippen LogP contribution in [-0.2, 0) is 0 Å². The number of H-pyrrole nitrogens is 1. The van der Waals surface area contributed by atoms with E-state index in [1.807, 2.05) is 0 Å². The third-order valence-corrected chi connectivity index (χ3v) is 5.11. The summed E-state index contributed by atoms with van der Waals surface area (Å²) in [5.74, 6) is 0.209. The summed E-state index contributed by atoms with van der Waals surface area (Å²) < 4.78 is 10.6. The molecule has 0 aliphatic heterocycles. The second-order valence-corrected chi connectivity index (χ2v) is 6.88. The van der Waals surface area contributed by atoms with Gasteiger partial charge < -0.3 is 25.3 Å². The molecule has 31 heavy (non-hydrogen) atoms. The van der Waals surface area contributed by atoms with Gasteiger partial charge in [-0.3, -0.25) is 4.98 Å². The molecule has 0 saturated carbocycles. The fraction of sp³-hybridized carbons (Fsp3) is 0.0952. The Bertz CT molecular complexity index is 1200. The van der Waals surface area contributed by atoms with E-state index >= 15 is 0 Å². The van der Waals surface area contributed by atoms with Crippen LogP contribution in [0.5, 0.6) is 11.5 Å². The minimum Gasteiger partial charge on any atom is -0.495 e. The molecule has 2 heterocycles. The number of nitrogens with one attached hydrogen (secondary N) is 1. The molecular formula is C21H18Cl2N4O4. The minimum absolute atomic E-state index is 0.0986. The number of rotatable bonds is 4. The number of aromatic nitrogens is 3. The summed E-state index contributed by atoms with van der Waals surface area (Å²) in [6, 6.07) is 8.21. The Labute approximate surface area is 187 Å². The number of pyridine rings is 1. The first-order valence-corrected chi connectivity index (χ1v) is 9.60.